The van der Waals surface area contributed by atoms with E-state index < -0.39 is 0 Å². The Morgan fingerprint density at radius 1 is 1.48 bits per heavy atom. The molecule has 1 aromatic carbocycles. The van der Waals surface area contributed by atoms with Crippen LogP contribution in [0.5, 0.6) is 5.75 Å². The molecule has 3 rings (SSSR count). The van der Waals surface area contributed by atoms with Crippen LogP contribution in [0.15, 0.2) is 24.3 Å². The molecule has 2 aromatic rings. The minimum Gasteiger partial charge on any atom is -0.488 e. The van der Waals surface area contributed by atoms with Crippen molar-refractivity contribution < 1.29 is 9.53 Å². The Kier molecular flexibility index (Phi) is 3.79. The van der Waals surface area contributed by atoms with Gasteiger partial charge in [-0.3, -0.25) is 4.79 Å². The third kappa shape index (κ3) is 2.71. The van der Waals surface area contributed by atoms with Crippen molar-refractivity contribution in [2.75, 3.05) is 18.9 Å². The summed E-state index contributed by atoms with van der Waals surface area (Å²) in [5.74, 6) is 0.811. The van der Waals surface area contributed by atoms with Crippen LogP contribution in [0.2, 0.25) is 0 Å². The molecule has 6 heteroatoms. The van der Waals surface area contributed by atoms with Crippen LogP contribution >= 0.6 is 11.5 Å². The Bertz CT molecular complexity index is 644. The molecule has 0 radical (unpaired) electrons. The smallest absolute Gasteiger partial charge is 0.256 e. The number of amides is 1. The average Bonchev–Trinajstić information content (AvgIpc) is 3.07. The fourth-order valence-electron chi connectivity index (χ4n) is 2.47. The molecule has 0 aliphatic carbocycles. The quantitative estimate of drug-likeness (QED) is 0.909. The van der Waals surface area contributed by atoms with Gasteiger partial charge in [-0.15, -0.1) is 0 Å². The second-order valence-electron chi connectivity index (χ2n) is 4.98. The third-order valence-electron chi connectivity index (χ3n) is 3.52. The summed E-state index contributed by atoms with van der Waals surface area (Å²) in [4.78, 5) is 12.3. The number of fused-ring (bicyclic) bond motifs is 1. The van der Waals surface area contributed by atoms with Gasteiger partial charge in [0.1, 0.15) is 16.9 Å². The minimum absolute atomic E-state index is 0.00344. The monoisotopic (exact) mass is 303 g/mol. The Balaban J connectivity index is 1.62. The van der Waals surface area contributed by atoms with Crippen molar-refractivity contribution in [2.45, 2.75) is 19.4 Å². The van der Waals surface area contributed by atoms with E-state index in [1.807, 2.05) is 25.1 Å². The van der Waals surface area contributed by atoms with E-state index in [4.69, 9.17) is 4.74 Å². The van der Waals surface area contributed by atoms with Crippen LogP contribution in [0, 0.1) is 6.92 Å². The maximum Gasteiger partial charge on any atom is 0.256 e. The molecule has 21 heavy (non-hydrogen) atoms. The standard InChI is InChI=1S/C15H17N3O2S/c1-9-13(15(16-2)21-18-9)14(19)17-8-11-7-10-5-3-4-6-12(10)20-11/h3-6,11,16H,7-8H2,1-2H3,(H,17,19)/t11-/m1/s1. The maximum atomic E-state index is 12.3. The van der Waals surface area contributed by atoms with Gasteiger partial charge in [0.25, 0.3) is 5.91 Å². The first-order valence-electron chi connectivity index (χ1n) is 6.86. The molecule has 2 N–H and O–H groups in total. The van der Waals surface area contributed by atoms with E-state index >= 15 is 0 Å². The van der Waals surface area contributed by atoms with E-state index in [1.54, 1.807) is 7.05 Å². The summed E-state index contributed by atoms with van der Waals surface area (Å²) in [6, 6.07) is 7.98. The van der Waals surface area contributed by atoms with Crippen LogP contribution < -0.4 is 15.4 Å². The van der Waals surface area contributed by atoms with Crippen molar-refractivity contribution >= 4 is 22.4 Å². The Hall–Kier alpha value is -2.08. The molecule has 1 aromatic heterocycles. The lowest BCUT2D eigenvalue weighted by Crippen LogP contribution is -2.34. The summed E-state index contributed by atoms with van der Waals surface area (Å²) in [5, 5.41) is 6.74. The molecular weight excluding hydrogens is 286 g/mol. The lowest BCUT2D eigenvalue weighted by atomic mass is 10.1. The average molecular weight is 303 g/mol. The third-order valence-corrected chi connectivity index (χ3v) is 4.48. The number of nitrogens with zero attached hydrogens (tertiary/aromatic N) is 1. The minimum atomic E-state index is -0.106. The van der Waals surface area contributed by atoms with E-state index in [2.05, 4.69) is 21.1 Å². The molecule has 0 bridgehead atoms. The highest BCUT2D eigenvalue weighted by Crippen LogP contribution is 2.28. The molecule has 0 spiro atoms. The van der Waals surface area contributed by atoms with E-state index in [-0.39, 0.29) is 12.0 Å². The molecule has 0 unspecified atom stereocenters. The van der Waals surface area contributed by atoms with Crippen LogP contribution in [0.1, 0.15) is 21.6 Å². The molecule has 0 saturated carbocycles. The van der Waals surface area contributed by atoms with Crippen LogP contribution in [0.25, 0.3) is 0 Å². The zero-order valence-electron chi connectivity index (χ0n) is 12.0. The number of ether oxygens (including phenoxy) is 1. The number of benzene rings is 1. The second-order valence-corrected chi connectivity index (χ2v) is 5.76. The number of carbonyl (C=O) groups excluding carboxylic acids is 1. The Morgan fingerprint density at radius 3 is 3.05 bits per heavy atom. The van der Waals surface area contributed by atoms with Crippen molar-refractivity contribution in [3.05, 3.63) is 41.1 Å². The van der Waals surface area contributed by atoms with Gasteiger partial charge in [0.15, 0.2) is 0 Å². The van der Waals surface area contributed by atoms with Crippen molar-refractivity contribution in [1.29, 1.82) is 0 Å². The number of anilines is 1. The van der Waals surface area contributed by atoms with Gasteiger partial charge in [-0.2, -0.15) is 4.37 Å². The summed E-state index contributed by atoms with van der Waals surface area (Å²) in [7, 11) is 1.79. The van der Waals surface area contributed by atoms with Crippen molar-refractivity contribution in [3.8, 4) is 5.75 Å². The number of nitrogens with one attached hydrogen (secondary N) is 2. The highest BCUT2D eigenvalue weighted by atomic mass is 32.1. The molecule has 0 saturated heterocycles. The van der Waals surface area contributed by atoms with Crippen LogP contribution in [-0.4, -0.2) is 30.0 Å². The fourth-order valence-corrected chi connectivity index (χ4v) is 3.21. The SMILES string of the molecule is CNc1snc(C)c1C(=O)NC[C@H]1Cc2ccccc2O1. The van der Waals surface area contributed by atoms with E-state index in [1.165, 1.54) is 17.1 Å². The summed E-state index contributed by atoms with van der Waals surface area (Å²) in [5.41, 5.74) is 2.57. The molecule has 2 heterocycles. The summed E-state index contributed by atoms with van der Waals surface area (Å²) >= 11 is 1.30. The van der Waals surface area contributed by atoms with Gasteiger partial charge >= 0.3 is 0 Å². The number of carbonyl (C=O) groups is 1. The number of aryl methyl sites for hydroxylation is 1. The number of hydrogen-bond donors (Lipinski definition) is 2. The first-order valence-corrected chi connectivity index (χ1v) is 7.63. The van der Waals surface area contributed by atoms with Crippen molar-refractivity contribution in [1.82, 2.24) is 9.69 Å². The largest absolute Gasteiger partial charge is 0.488 e. The van der Waals surface area contributed by atoms with Gasteiger partial charge in [-0.25, -0.2) is 0 Å². The number of aromatic nitrogens is 1. The predicted octanol–water partition coefficient (Wildman–Crippen LogP) is 2.23. The van der Waals surface area contributed by atoms with Gasteiger partial charge in [0.2, 0.25) is 0 Å². The van der Waals surface area contributed by atoms with Crippen molar-refractivity contribution in [3.63, 3.8) is 0 Å². The van der Waals surface area contributed by atoms with Gasteiger partial charge < -0.3 is 15.4 Å². The van der Waals surface area contributed by atoms with Gasteiger partial charge in [0, 0.05) is 13.5 Å². The van der Waals surface area contributed by atoms with E-state index in [0.717, 1.165) is 22.9 Å². The highest BCUT2D eigenvalue weighted by molar-refractivity contribution is 7.10. The molecule has 1 aliphatic rings. The normalized spacial score (nSPS) is 16.2. The zero-order chi connectivity index (χ0) is 14.8. The number of para-hydroxylation sites is 1. The molecule has 0 fully saturated rings. The molecule has 1 aliphatic heterocycles. The number of rotatable bonds is 4. The fraction of sp³-hybridized carbons (Fsp3) is 0.333. The second kappa shape index (κ2) is 5.73. The highest BCUT2D eigenvalue weighted by Gasteiger charge is 2.24. The summed E-state index contributed by atoms with van der Waals surface area (Å²) in [6.07, 6.45) is 0.826. The Labute approximate surface area is 127 Å². The van der Waals surface area contributed by atoms with Gasteiger partial charge in [-0.05, 0) is 30.1 Å². The molecule has 5 nitrogen and oxygen atoms in total. The lowest BCUT2D eigenvalue weighted by molar-refractivity contribution is 0.0934. The zero-order valence-corrected chi connectivity index (χ0v) is 12.8. The first-order chi connectivity index (χ1) is 10.2. The summed E-state index contributed by atoms with van der Waals surface area (Å²) < 4.78 is 10.0. The van der Waals surface area contributed by atoms with Gasteiger partial charge in [-0.1, -0.05) is 18.2 Å². The molecule has 1 atom stereocenters. The topological polar surface area (TPSA) is 63.2 Å². The first kappa shape index (κ1) is 13.9. The van der Waals surface area contributed by atoms with Crippen LogP contribution in [-0.2, 0) is 6.42 Å². The van der Waals surface area contributed by atoms with E-state index in [9.17, 15) is 4.79 Å². The maximum absolute atomic E-state index is 12.3. The van der Waals surface area contributed by atoms with Crippen LogP contribution in [0.4, 0.5) is 5.00 Å². The van der Waals surface area contributed by atoms with Crippen LogP contribution in [0.3, 0.4) is 0 Å². The number of hydrogen-bond acceptors (Lipinski definition) is 5. The van der Waals surface area contributed by atoms with Gasteiger partial charge in [0.05, 0.1) is 17.8 Å². The van der Waals surface area contributed by atoms with Crippen molar-refractivity contribution in [2.24, 2.45) is 0 Å². The summed E-state index contributed by atoms with van der Waals surface area (Å²) in [6.45, 7) is 2.33. The molecule has 110 valence electrons. The van der Waals surface area contributed by atoms with E-state index in [0.29, 0.717) is 12.1 Å². The Morgan fingerprint density at radius 2 is 2.29 bits per heavy atom. The molecular formula is C15H17N3O2S. The molecule has 1 amide bonds. The predicted molar refractivity (Wildman–Crippen MR) is 83.3 cm³/mol. The lowest BCUT2D eigenvalue weighted by Gasteiger charge is -2.12.